The van der Waals surface area contributed by atoms with Crippen LogP contribution in [0.2, 0.25) is 10.2 Å². The Morgan fingerprint density at radius 3 is 3.06 bits per heavy atom. The second kappa shape index (κ2) is 5.73. The number of aromatic nitrogens is 1. The number of nitrogens with zero attached hydrogens (tertiary/aromatic N) is 2. The first-order valence-electron chi connectivity index (χ1n) is 5.55. The number of carbonyl (C=O) groups is 1. The van der Waals surface area contributed by atoms with Crippen molar-refractivity contribution >= 4 is 29.3 Å². The number of hydrogen-bond acceptors (Lipinski definition) is 4. The van der Waals surface area contributed by atoms with Crippen molar-refractivity contribution in [1.82, 2.24) is 9.88 Å². The quantitative estimate of drug-likeness (QED) is 0.869. The molecule has 1 aliphatic rings. The average molecular weight is 290 g/mol. The van der Waals surface area contributed by atoms with Crippen LogP contribution in [0, 0.1) is 0 Å². The molecule has 1 saturated heterocycles. The van der Waals surface area contributed by atoms with Crippen LogP contribution in [-0.2, 0) is 4.74 Å². The number of pyridine rings is 1. The molecule has 0 unspecified atom stereocenters. The van der Waals surface area contributed by atoms with E-state index >= 15 is 0 Å². The zero-order valence-corrected chi connectivity index (χ0v) is 11.1. The summed E-state index contributed by atoms with van der Waals surface area (Å²) in [5.74, 6) is 0. The van der Waals surface area contributed by atoms with Gasteiger partial charge in [0.05, 0.1) is 5.02 Å². The van der Waals surface area contributed by atoms with Gasteiger partial charge in [0.1, 0.15) is 11.9 Å². The van der Waals surface area contributed by atoms with Crippen LogP contribution in [0.5, 0.6) is 0 Å². The van der Waals surface area contributed by atoms with Crippen LogP contribution in [-0.4, -0.2) is 29.3 Å². The van der Waals surface area contributed by atoms with Crippen molar-refractivity contribution in [3.05, 3.63) is 28.0 Å². The topological polar surface area (TPSA) is 68.5 Å². The Balaban J connectivity index is 2.10. The van der Waals surface area contributed by atoms with Crippen LogP contribution < -0.4 is 5.73 Å². The molecule has 0 spiro atoms. The number of hydrogen-bond donors (Lipinski definition) is 1. The molecule has 2 heterocycles. The molecule has 98 valence electrons. The number of carbonyl (C=O) groups excluding carboxylic acids is 1. The second-order valence-corrected chi connectivity index (χ2v) is 4.87. The number of halogens is 2. The van der Waals surface area contributed by atoms with Crippen molar-refractivity contribution in [2.24, 2.45) is 5.73 Å². The van der Waals surface area contributed by atoms with E-state index in [1.807, 2.05) is 4.90 Å². The minimum atomic E-state index is -0.770. The summed E-state index contributed by atoms with van der Waals surface area (Å²) in [7, 11) is 0. The first-order valence-corrected chi connectivity index (χ1v) is 6.30. The maximum Gasteiger partial charge on any atom is 0.405 e. The molecule has 0 aromatic carbocycles. The van der Waals surface area contributed by atoms with E-state index in [2.05, 4.69) is 4.98 Å². The van der Waals surface area contributed by atoms with Crippen molar-refractivity contribution in [2.45, 2.75) is 18.9 Å². The zero-order valence-electron chi connectivity index (χ0n) is 9.60. The molecule has 1 amide bonds. The van der Waals surface area contributed by atoms with Crippen LogP contribution >= 0.6 is 23.2 Å². The average Bonchev–Trinajstić information content (AvgIpc) is 2.78. The predicted octanol–water partition coefficient (Wildman–Crippen LogP) is 2.58. The van der Waals surface area contributed by atoms with Gasteiger partial charge in [-0.1, -0.05) is 23.2 Å². The number of nitrogens with two attached hydrogens (primary N) is 1. The van der Waals surface area contributed by atoms with Crippen molar-refractivity contribution in [3.63, 3.8) is 0 Å². The molecule has 1 fully saturated rings. The number of amides is 1. The molecule has 1 atom stereocenters. The number of likely N-dealkylation sites (tertiary alicyclic amines) is 1. The van der Waals surface area contributed by atoms with E-state index in [-0.39, 0.29) is 12.8 Å². The van der Waals surface area contributed by atoms with Gasteiger partial charge in [-0.15, -0.1) is 0 Å². The van der Waals surface area contributed by atoms with Gasteiger partial charge in [-0.05, 0) is 24.5 Å². The lowest BCUT2D eigenvalue weighted by molar-refractivity contribution is 0.0671. The second-order valence-electron chi connectivity index (χ2n) is 4.10. The van der Waals surface area contributed by atoms with Crippen molar-refractivity contribution in [3.8, 4) is 0 Å². The van der Waals surface area contributed by atoms with E-state index in [0.717, 1.165) is 24.9 Å². The van der Waals surface area contributed by atoms with Crippen LogP contribution in [0.1, 0.15) is 24.4 Å². The number of primary amides is 1. The minimum absolute atomic E-state index is 0.131. The van der Waals surface area contributed by atoms with Crippen molar-refractivity contribution in [2.75, 3.05) is 13.3 Å². The molecular weight excluding hydrogens is 277 g/mol. The summed E-state index contributed by atoms with van der Waals surface area (Å²) in [4.78, 5) is 16.7. The van der Waals surface area contributed by atoms with Gasteiger partial charge in [-0.2, -0.15) is 0 Å². The molecule has 5 nitrogen and oxygen atoms in total. The largest absolute Gasteiger partial charge is 0.434 e. The maximum absolute atomic E-state index is 10.6. The lowest BCUT2D eigenvalue weighted by Gasteiger charge is -2.23. The smallest absolute Gasteiger partial charge is 0.405 e. The monoisotopic (exact) mass is 289 g/mol. The van der Waals surface area contributed by atoms with E-state index in [4.69, 9.17) is 33.7 Å². The Hall–Kier alpha value is -1.04. The molecule has 1 aromatic rings. The Morgan fingerprint density at radius 1 is 1.61 bits per heavy atom. The van der Waals surface area contributed by atoms with E-state index in [1.165, 1.54) is 0 Å². The lowest BCUT2D eigenvalue weighted by atomic mass is 10.1. The Labute approximate surface area is 115 Å². The van der Waals surface area contributed by atoms with Gasteiger partial charge in [0.25, 0.3) is 0 Å². The molecule has 1 aliphatic heterocycles. The zero-order chi connectivity index (χ0) is 13.1. The lowest BCUT2D eigenvalue weighted by Crippen LogP contribution is -2.29. The number of ether oxygens (including phenoxy) is 1. The van der Waals surface area contributed by atoms with Gasteiger partial charge in [0, 0.05) is 18.8 Å². The van der Waals surface area contributed by atoms with Crippen LogP contribution in [0.15, 0.2) is 12.3 Å². The highest BCUT2D eigenvalue weighted by Gasteiger charge is 2.27. The maximum atomic E-state index is 10.6. The van der Waals surface area contributed by atoms with E-state index in [0.29, 0.717) is 10.2 Å². The molecular formula is C11H13Cl2N3O2. The highest BCUT2D eigenvalue weighted by molar-refractivity contribution is 6.41. The van der Waals surface area contributed by atoms with Crippen LogP contribution in [0.4, 0.5) is 4.79 Å². The van der Waals surface area contributed by atoms with E-state index in [1.54, 1.807) is 12.3 Å². The summed E-state index contributed by atoms with van der Waals surface area (Å²) >= 11 is 11.7. The van der Waals surface area contributed by atoms with E-state index < -0.39 is 6.09 Å². The van der Waals surface area contributed by atoms with Gasteiger partial charge in [-0.25, -0.2) is 9.78 Å². The molecule has 18 heavy (non-hydrogen) atoms. The van der Waals surface area contributed by atoms with Gasteiger partial charge < -0.3 is 10.5 Å². The normalized spacial score (nSPS) is 20.0. The first kappa shape index (κ1) is 13.4. The Kier molecular flexibility index (Phi) is 4.27. The third-order valence-electron chi connectivity index (χ3n) is 2.94. The highest BCUT2D eigenvalue weighted by atomic mass is 35.5. The van der Waals surface area contributed by atoms with Crippen molar-refractivity contribution in [1.29, 1.82) is 0 Å². The standard InChI is InChI=1S/C11H13Cl2N3O2/c12-8-4-7(5-15-10(8)13)9-2-1-3-16(9)6-18-11(14)17/h4-5,9H,1-3,6H2,(H2,14,17)/t9-/m1/s1. The summed E-state index contributed by atoms with van der Waals surface area (Å²) in [6, 6.07) is 1.93. The minimum Gasteiger partial charge on any atom is -0.434 e. The molecule has 2 rings (SSSR count). The molecule has 0 saturated carbocycles. The van der Waals surface area contributed by atoms with Crippen molar-refractivity contribution < 1.29 is 9.53 Å². The SMILES string of the molecule is NC(=O)OCN1CCC[C@@H]1c1cnc(Cl)c(Cl)c1. The summed E-state index contributed by atoms with van der Waals surface area (Å²) in [5, 5.41) is 0.718. The fraction of sp³-hybridized carbons (Fsp3) is 0.455. The summed E-state index contributed by atoms with van der Waals surface area (Å²) in [6.45, 7) is 1.03. The molecule has 7 heteroatoms. The molecule has 0 aliphatic carbocycles. The van der Waals surface area contributed by atoms with Crippen LogP contribution in [0.25, 0.3) is 0 Å². The molecule has 0 bridgehead atoms. The highest BCUT2D eigenvalue weighted by Crippen LogP contribution is 2.33. The summed E-state index contributed by atoms with van der Waals surface area (Å²) in [5.41, 5.74) is 5.93. The summed E-state index contributed by atoms with van der Waals surface area (Å²) in [6.07, 6.45) is 2.91. The fourth-order valence-electron chi connectivity index (χ4n) is 2.12. The number of rotatable bonds is 3. The fourth-order valence-corrected chi connectivity index (χ4v) is 2.40. The Bertz CT molecular complexity index is 456. The van der Waals surface area contributed by atoms with Gasteiger partial charge in [0.15, 0.2) is 0 Å². The molecule has 0 radical (unpaired) electrons. The van der Waals surface area contributed by atoms with Crippen LogP contribution in [0.3, 0.4) is 0 Å². The first-order chi connectivity index (χ1) is 8.58. The summed E-state index contributed by atoms with van der Waals surface area (Å²) < 4.78 is 4.82. The Morgan fingerprint density at radius 2 is 2.39 bits per heavy atom. The third kappa shape index (κ3) is 3.04. The van der Waals surface area contributed by atoms with Gasteiger partial charge >= 0.3 is 6.09 Å². The predicted molar refractivity (Wildman–Crippen MR) is 68.5 cm³/mol. The van der Waals surface area contributed by atoms with Gasteiger partial charge in [0.2, 0.25) is 0 Å². The van der Waals surface area contributed by atoms with E-state index in [9.17, 15) is 4.79 Å². The van der Waals surface area contributed by atoms with Gasteiger partial charge in [-0.3, -0.25) is 4.90 Å². The molecule has 1 aromatic heterocycles. The third-order valence-corrected chi connectivity index (χ3v) is 3.62. The molecule has 2 N–H and O–H groups in total.